The third kappa shape index (κ3) is 2.51. The molecule has 2 heterocycles. The summed E-state index contributed by atoms with van der Waals surface area (Å²) in [5.74, 6) is 1.62. The first-order valence-electron chi connectivity index (χ1n) is 6.90. The lowest BCUT2D eigenvalue weighted by Crippen LogP contribution is -2.50. The lowest BCUT2D eigenvalue weighted by Gasteiger charge is -2.36. The van der Waals surface area contributed by atoms with Crippen LogP contribution in [0.25, 0.3) is 0 Å². The molecule has 1 fully saturated rings. The molecule has 20 heavy (non-hydrogen) atoms. The number of carbonyl (C=O) groups excluding carboxylic acids is 1. The van der Waals surface area contributed by atoms with Gasteiger partial charge in [0.1, 0.15) is 13.2 Å². The Morgan fingerprint density at radius 1 is 1.10 bits per heavy atom. The molecular formula is C14H19N3O3. The molecule has 2 aliphatic heterocycles. The first-order chi connectivity index (χ1) is 9.78. The van der Waals surface area contributed by atoms with Crippen molar-refractivity contribution in [2.75, 3.05) is 50.8 Å². The van der Waals surface area contributed by atoms with E-state index in [2.05, 4.69) is 4.90 Å². The van der Waals surface area contributed by atoms with E-state index in [1.165, 1.54) is 0 Å². The zero-order valence-corrected chi connectivity index (χ0v) is 11.4. The molecule has 0 radical (unpaired) electrons. The predicted molar refractivity (Wildman–Crippen MR) is 75.3 cm³/mol. The van der Waals surface area contributed by atoms with E-state index in [1.807, 2.05) is 23.1 Å². The maximum Gasteiger partial charge on any atom is 0.236 e. The van der Waals surface area contributed by atoms with Crippen molar-refractivity contribution in [1.82, 2.24) is 4.90 Å². The van der Waals surface area contributed by atoms with E-state index in [4.69, 9.17) is 15.2 Å². The number of hydrogen-bond acceptors (Lipinski definition) is 5. The monoisotopic (exact) mass is 277 g/mol. The van der Waals surface area contributed by atoms with E-state index < -0.39 is 0 Å². The second-order valence-electron chi connectivity index (χ2n) is 4.90. The SMILES string of the molecule is NCC(=O)N1CCN(c2ccc3c(c2)OCCO3)CC1. The number of ether oxygens (including phenoxy) is 2. The average Bonchev–Trinajstić information content (AvgIpc) is 2.54. The van der Waals surface area contributed by atoms with E-state index in [0.29, 0.717) is 26.3 Å². The molecule has 3 rings (SSSR count). The highest BCUT2D eigenvalue weighted by molar-refractivity contribution is 5.78. The van der Waals surface area contributed by atoms with Crippen LogP contribution in [0.3, 0.4) is 0 Å². The lowest BCUT2D eigenvalue weighted by atomic mass is 10.2. The van der Waals surface area contributed by atoms with Crippen molar-refractivity contribution in [2.45, 2.75) is 0 Å². The van der Waals surface area contributed by atoms with Gasteiger partial charge in [0.05, 0.1) is 6.54 Å². The Labute approximate surface area is 118 Å². The molecule has 0 bridgehead atoms. The Kier molecular flexibility index (Phi) is 3.64. The summed E-state index contributed by atoms with van der Waals surface area (Å²) in [5, 5.41) is 0. The Morgan fingerprint density at radius 3 is 2.50 bits per heavy atom. The topological polar surface area (TPSA) is 68.0 Å². The first kappa shape index (κ1) is 13.1. The van der Waals surface area contributed by atoms with Crippen LogP contribution in [-0.2, 0) is 4.79 Å². The maximum atomic E-state index is 11.5. The Balaban J connectivity index is 1.67. The minimum Gasteiger partial charge on any atom is -0.486 e. The number of fused-ring (bicyclic) bond motifs is 1. The maximum absolute atomic E-state index is 11.5. The van der Waals surface area contributed by atoms with Gasteiger partial charge in [0.25, 0.3) is 0 Å². The standard InChI is InChI=1S/C14H19N3O3/c15-10-14(18)17-5-3-16(4-6-17)11-1-2-12-13(9-11)20-8-7-19-12/h1-2,9H,3-8,10,15H2. The van der Waals surface area contributed by atoms with Gasteiger partial charge in [-0.25, -0.2) is 0 Å². The molecule has 1 aromatic carbocycles. The van der Waals surface area contributed by atoms with Gasteiger partial charge in [-0.05, 0) is 12.1 Å². The summed E-state index contributed by atoms with van der Waals surface area (Å²) in [4.78, 5) is 15.6. The normalized spacial score (nSPS) is 18.1. The minimum atomic E-state index is 0.0202. The van der Waals surface area contributed by atoms with Crippen molar-refractivity contribution < 1.29 is 14.3 Å². The number of nitrogens with zero attached hydrogens (tertiary/aromatic N) is 2. The number of carbonyl (C=O) groups is 1. The van der Waals surface area contributed by atoms with Gasteiger partial charge in [0, 0.05) is 37.9 Å². The van der Waals surface area contributed by atoms with Crippen LogP contribution in [0.5, 0.6) is 11.5 Å². The third-order valence-electron chi connectivity index (χ3n) is 3.70. The molecule has 0 unspecified atom stereocenters. The quantitative estimate of drug-likeness (QED) is 0.828. The van der Waals surface area contributed by atoms with Gasteiger partial charge in [0.15, 0.2) is 11.5 Å². The third-order valence-corrected chi connectivity index (χ3v) is 3.70. The van der Waals surface area contributed by atoms with Crippen LogP contribution in [0.1, 0.15) is 0 Å². The van der Waals surface area contributed by atoms with E-state index >= 15 is 0 Å². The van der Waals surface area contributed by atoms with E-state index in [1.54, 1.807) is 0 Å². The Hall–Kier alpha value is -1.95. The molecule has 108 valence electrons. The molecule has 0 aliphatic carbocycles. The van der Waals surface area contributed by atoms with E-state index in [-0.39, 0.29) is 12.5 Å². The number of piperazine rings is 1. The average molecular weight is 277 g/mol. The van der Waals surface area contributed by atoms with Crippen LogP contribution >= 0.6 is 0 Å². The molecular weight excluding hydrogens is 258 g/mol. The summed E-state index contributed by atoms with van der Waals surface area (Å²) in [6, 6.07) is 5.99. The molecule has 0 spiro atoms. The molecule has 0 aromatic heterocycles. The van der Waals surface area contributed by atoms with Gasteiger partial charge in [-0.3, -0.25) is 4.79 Å². The van der Waals surface area contributed by atoms with Crippen molar-refractivity contribution in [1.29, 1.82) is 0 Å². The highest BCUT2D eigenvalue weighted by Gasteiger charge is 2.21. The molecule has 1 amide bonds. The van der Waals surface area contributed by atoms with Crippen LogP contribution in [-0.4, -0.2) is 56.7 Å². The Bertz CT molecular complexity index is 498. The summed E-state index contributed by atoms with van der Waals surface area (Å²) in [7, 11) is 0. The fraction of sp³-hybridized carbons (Fsp3) is 0.500. The van der Waals surface area contributed by atoms with Crippen LogP contribution < -0.4 is 20.1 Å². The molecule has 6 nitrogen and oxygen atoms in total. The van der Waals surface area contributed by atoms with Crippen molar-refractivity contribution in [3.05, 3.63) is 18.2 Å². The van der Waals surface area contributed by atoms with Crippen molar-refractivity contribution in [3.63, 3.8) is 0 Å². The number of amides is 1. The predicted octanol–water partition coefficient (Wildman–Crippen LogP) is 0.0651. The van der Waals surface area contributed by atoms with Crippen molar-refractivity contribution in [3.8, 4) is 11.5 Å². The van der Waals surface area contributed by atoms with Gasteiger partial charge >= 0.3 is 0 Å². The van der Waals surface area contributed by atoms with Gasteiger partial charge in [-0.1, -0.05) is 0 Å². The molecule has 1 aromatic rings. The zero-order valence-electron chi connectivity index (χ0n) is 11.4. The molecule has 2 aliphatic rings. The molecule has 0 saturated carbocycles. The summed E-state index contributed by atoms with van der Waals surface area (Å²) in [6.45, 7) is 4.33. The zero-order chi connectivity index (χ0) is 13.9. The molecule has 1 saturated heterocycles. The van der Waals surface area contributed by atoms with Gasteiger partial charge in [0.2, 0.25) is 5.91 Å². The second kappa shape index (κ2) is 5.58. The van der Waals surface area contributed by atoms with Crippen LogP contribution in [0.2, 0.25) is 0 Å². The van der Waals surface area contributed by atoms with Crippen molar-refractivity contribution >= 4 is 11.6 Å². The summed E-state index contributed by atoms with van der Waals surface area (Å²) in [5.41, 5.74) is 6.50. The smallest absolute Gasteiger partial charge is 0.236 e. The second-order valence-corrected chi connectivity index (χ2v) is 4.90. The highest BCUT2D eigenvalue weighted by Crippen LogP contribution is 2.34. The van der Waals surface area contributed by atoms with Gasteiger partial charge in [-0.15, -0.1) is 0 Å². The number of nitrogens with two attached hydrogens (primary N) is 1. The van der Waals surface area contributed by atoms with E-state index in [0.717, 1.165) is 30.3 Å². The number of rotatable bonds is 2. The van der Waals surface area contributed by atoms with E-state index in [9.17, 15) is 4.79 Å². The number of hydrogen-bond donors (Lipinski definition) is 1. The fourth-order valence-corrected chi connectivity index (χ4v) is 2.57. The van der Waals surface area contributed by atoms with Crippen LogP contribution in [0.15, 0.2) is 18.2 Å². The summed E-state index contributed by atoms with van der Waals surface area (Å²) < 4.78 is 11.1. The van der Waals surface area contributed by atoms with Crippen LogP contribution in [0.4, 0.5) is 5.69 Å². The van der Waals surface area contributed by atoms with Crippen LogP contribution in [0, 0.1) is 0 Å². The number of benzene rings is 1. The number of anilines is 1. The molecule has 6 heteroatoms. The highest BCUT2D eigenvalue weighted by atomic mass is 16.6. The fourth-order valence-electron chi connectivity index (χ4n) is 2.57. The lowest BCUT2D eigenvalue weighted by molar-refractivity contribution is -0.129. The van der Waals surface area contributed by atoms with Gasteiger partial charge in [-0.2, -0.15) is 0 Å². The molecule has 0 atom stereocenters. The minimum absolute atomic E-state index is 0.0202. The van der Waals surface area contributed by atoms with Crippen molar-refractivity contribution in [2.24, 2.45) is 5.73 Å². The molecule has 2 N–H and O–H groups in total. The van der Waals surface area contributed by atoms with Gasteiger partial charge < -0.3 is 25.0 Å². The largest absolute Gasteiger partial charge is 0.486 e. The Morgan fingerprint density at radius 2 is 1.80 bits per heavy atom. The summed E-state index contributed by atoms with van der Waals surface area (Å²) in [6.07, 6.45) is 0. The summed E-state index contributed by atoms with van der Waals surface area (Å²) >= 11 is 0. The first-order valence-corrected chi connectivity index (χ1v) is 6.90.